The summed E-state index contributed by atoms with van der Waals surface area (Å²) in [6, 6.07) is 5.50. The summed E-state index contributed by atoms with van der Waals surface area (Å²) in [7, 11) is 0. The monoisotopic (exact) mass is 394 g/mol. The highest BCUT2D eigenvalue weighted by molar-refractivity contribution is 5.97. The average molecular weight is 394 g/mol. The molecule has 9 nitrogen and oxygen atoms in total. The maximum absolute atomic E-state index is 12.4. The smallest absolute Gasteiger partial charge is 0.413 e. The molecule has 2 N–H and O–H groups in total. The van der Waals surface area contributed by atoms with Gasteiger partial charge in [-0.15, -0.1) is 0 Å². The highest BCUT2D eigenvalue weighted by atomic mass is 16.6. The highest BCUT2D eigenvalue weighted by Crippen LogP contribution is 2.13. The van der Waals surface area contributed by atoms with Gasteiger partial charge in [0.25, 0.3) is 11.8 Å². The zero-order valence-corrected chi connectivity index (χ0v) is 16.4. The molecule has 0 heterocycles. The van der Waals surface area contributed by atoms with E-state index in [4.69, 9.17) is 9.47 Å². The number of benzene rings is 1. The Balaban J connectivity index is 2.63. The molecule has 3 amide bonds. The molecule has 0 saturated heterocycles. The minimum atomic E-state index is -0.963. The van der Waals surface area contributed by atoms with Crippen molar-refractivity contribution < 1.29 is 33.4 Å². The van der Waals surface area contributed by atoms with Crippen molar-refractivity contribution in [1.82, 2.24) is 10.6 Å². The number of rotatable bonds is 9. The van der Waals surface area contributed by atoms with Crippen LogP contribution in [-0.2, 0) is 19.1 Å². The van der Waals surface area contributed by atoms with Crippen molar-refractivity contribution in [2.45, 2.75) is 33.7 Å². The first kappa shape index (κ1) is 22.9. The summed E-state index contributed by atoms with van der Waals surface area (Å²) in [4.78, 5) is 47.4. The molecule has 1 aromatic carbocycles. The average Bonchev–Trinajstić information content (AvgIpc) is 2.64. The van der Waals surface area contributed by atoms with E-state index >= 15 is 0 Å². The van der Waals surface area contributed by atoms with E-state index in [2.05, 4.69) is 10.1 Å². The second kappa shape index (κ2) is 11.6. The number of alkyl carbamates (subject to hydrolysis) is 1. The molecule has 0 bridgehead atoms. The molecule has 0 radical (unpaired) electrons. The van der Waals surface area contributed by atoms with Crippen molar-refractivity contribution >= 4 is 23.9 Å². The van der Waals surface area contributed by atoms with Crippen molar-refractivity contribution in [3.05, 3.63) is 29.8 Å². The van der Waals surface area contributed by atoms with Gasteiger partial charge >= 0.3 is 12.1 Å². The molecule has 0 aliphatic heterocycles. The Hall–Kier alpha value is -3.10. The van der Waals surface area contributed by atoms with E-state index in [0.717, 1.165) is 0 Å². The largest absolute Gasteiger partial charge is 0.494 e. The molecule has 0 fully saturated rings. The number of esters is 1. The Morgan fingerprint density at radius 2 is 1.61 bits per heavy atom. The summed E-state index contributed by atoms with van der Waals surface area (Å²) in [5.74, 6) is -1.73. The van der Waals surface area contributed by atoms with Crippen LogP contribution in [-0.4, -0.2) is 49.7 Å². The third-order valence-corrected chi connectivity index (χ3v) is 3.50. The molecule has 1 rings (SSSR count). The first-order chi connectivity index (χ1) is 13.3. The Labute approximate surface area is 163 Å². The lowest BCUT2D eigenvalue weighted by Crippen LogP contribution is -2.46. The summed E-state index contributed by atoms with van der Waals surface area (Å²) < 4.78 is 14.8. The van der Waals surface area contributed by atoms with E-state index < -0.39 is 36.5 Å². The number of imide groups is 1. The van der Waals surface area contributed by atoms with E-state index in [-0.39, 0.29) is 12.5 Å². The molecule has 0 aromatic heterocycles. The third-order valence-electron chi connectivity index (χ3n) is 3.50. The molecular weight excluding hydrogens is 368 g/mol. The van der Waals surface area contributed by atoms with E-state index in [1.807, 2.05) is 12.2 Å². The summed E-state index contributed by atoms with van der Waals surface area (Å²) in [5, 5.41) is 4.50. The highest BCUT2D eigenvalue weighted by Gasteiger charge is 2.27. The van der Waals surface area contributed by atoms with Gasteiger partial charge in [0.05, 0.1) is 13.2 Å². The van der Waals surface area contributed by atoms with Gasteiger partial charge in [0, 0.05) is 5.56 Å². The zero-order chi connectivity index (χ0) is 21.1. The van der Waals surface area contributed by atoms with Crippen LogP contribution >= 0.6 is 0 Å². The molecule has 1 aromatic rings. The molecule has 0 aliphatic rings. The van der Waals surface area contributed by atoms with Gasteiger partial charge in [-0.05, 0) is 44.0 Å². The molecule has 0 spiro atoms. The van der Waals surface area contributed by atoms with Crippen molar-refractivity contribution in [1.29, 1.82) is 0 Å². The molecule has 9 heteroatoms. The van der Waals surface area contributed by atoms with Crippen LogP contribution in [0, 0.1) is 5.92 Å². The maximum atomic E-state index is 12.4. The first-order valence-corrected chi connectivity index (χ1v) is 8.95. The molecule has 0 unspecified atom stereocenters. The lowest BCUT2D eigenvalue weighted by molar-refractivity contribution is -0.151. The Bertz CT molecular complexity index is 686. The number of hydrogen-bond acceptors (Lipinski definition) is 7. The van der Waals surface area contributed by atoms with Crippen molar-refractivity contribution in [3.8, 4) is 5.75 Å². The Morgan fingerprint density at radius 3 is 2.14 bits per heavy atom. The number of amides is 3. The SMILES string of the molecule is CCOC(=O)NC(=O)COC(=O)[C@@H](NC(=O)c1ccc(OCC)cc1)C(C)C. The van der Waals surface area contributed by atoms with Crippen LogP contribution in [0.2, 0.25) is 0 Å². The zero-order valence-electron chi connectivity index (χ0n) is 16.4. The fourth-order valence-corrected chi connectivity index (χ4v) is 2.14. The van der Waals surface area contributed by atoms with Crippen LogP contribution in [0.25, 0.3) is 0 Å². The molecular formula is C19H26N2O7. The lowest BCUT2D eigenvalue weighted by Gasteiger charge is -2.20. The molecule has 0 saturated carbocycles. The van der Waals surface area contributed by atoms with Crippen LogP contribution in [0.4, 0.5) is 4.79 Å². The Kier molecular flexibility index (Phi) is 9.49. The number of hydrogen-bond donors (Lipinski definition) is 2. The van der Waals surface area contributed by atoms with Crippen LogP contribution < -0.4 is 15.4 Å². The van der Waals surface area contributed by atoms with Gasteiger partial charge < -0.3 is 19.5 Å². The van der Waals surface area contributed by atoms with Crippen molar-refractivity contribution in [2.24, 2.45) is 5.92 Å². The minimum Gasteiger partial charge on any atom is -0.494 e. The van der Waals surface area contributed by atoms with Gasteiger partial charge in [0.2, 0.25) is 0 Å². The van der Waals surface area contributed by atoms with Crippen molar-refractivity contribution in [3.63, 3.8) is 0 Å². The van der Waals surface area contributed by atoms with Gasteiger partial charge in [-0.2, -0.15) is 0 Å². The van der Waals surface area contributed by atoms with Gasteiger partial charge in [-0.3, -0.25) is 14.9 Å². The van der Waals surface area contributed by atoms with E-state index in [9.17, 15) is 19.2 Å². The van der Waals surface area contributed by atoms with Crippen LogP contribution in [0.3, 0.4) is 0 Å². The fraction of sp³-hybridized carbons (Fsp3) is 0.474. The van der Waals surface area contributed by atoms with Gasteiger partial charge in [-0.1, -0.05) is 13.8 Å². The quantitative estimate of drug-likeness (QED) is 0.611. The minimum absolute atomic E-state index is 0.103. The first-order valence-electron chi connectivity index (χ1n) is 8.95. The van der Waals surface area contributed by atoms with Gasteiger partial charge in [0.15, 0.2) is 6.61 Å². The molecule has 1 atom stereocenters. The van der Waals surface area contributed by atoms with E-state index in [0.29, 0.717) is 17.9 Å². The Morgan fingerprint density at radius 1 is 0.964 bits per heavy atom. The molecule has 154 valence electrons. The summed E-state index contributed by atoms with van der Waals surface area (Å²) in [6.45, 7) is 6.84. The number of nitrogens with one attached hydrogen (secondary N) is 2. The second-order valence-electron chi connectivity index (χ2n) is 6.03. The van der Waals surface area contributed by atoms with Crippen LogP contribution in [0.5, 0.6) is 5.75 Å². The predicted molar refractivity (Wildman–Crippen MR) is 99.8 cm³/mol. The van der Waals surface area contributed by atoms with E-state index in [1.54, 1.807) is 45.0 Å². The molecule has 0 aliphatic carbocycles. The predicted octanol–water partition coefficient (Wildman–Crippen LogP) is 1.66. The van der Waals surface area contributed by atoms with Gasteiger partial charge in [0.1, 0.15) is 11.8 Å². The summed E-state index contributed by atoms with van der Waals surface area (Å²) in [6.07, 6.45) is -0.923. The summed E-state index contributed by atoms with van der Waals surface area (Å²) >= 11 is 0. The summed E-state index contributed by atoms with van der Waals surface area (Å²) in [5.41, 5.74) is 0.349. The topological polar surface area (TPSA) is 120 Å². The molecule has 28 heavy (non-hydrogen) atoms. The number of ether oxygens (including phenoxy) is 3. The standard InChI is InChI=1S/C19H26N2O7/c1-5-26-14-9-7-13(8-10-14)17(23)21-16(12(3)4)18(24)28-11-15(22)20-19(25)27-6-2/h7-10,12,16H,5-6,11H2,1-4H3,(H,21,23)(H,20,22,25)/t16-/m0/s1. The van der Waals surface area contributed by atoms with Crippen LogP contribution in [0.15, 0.2) is 24.3 Å². The second-order valence-corrected chi connectivity index (χ2v) is 6.03. The normalized spacial score (nSPS) is 11.3. The third kappa shape index (κ3) is 7.65. The maximum Gasteiger partial charge on any atom is 0.413 e. The number of carbonyl (C=O) groups excluding carboxylic acids is 4. The van der Waals surface area contributed by atoms with Gasteiger partial charge in [-0.25, -0.2) is 9.59 Å². The lowest BCUT2D eigenvalue weighted by atomic mass is 10.0. The number of carbonyl (C=O) groups is 4. The van der Waals surface area contributed by atoms with E-state index in [1.165, 1.54) is 0 Å². The fourth-order valence-electron chi connectivity index (χ4n) is 2.14. The van der Waals surface area contributed by atoms with Crippen molar-refractivity contribution in [2.75, 3.05) is 19.8 Å². The van der Waals surface area contributed by atoms with Crippen LogP contribution in [0.1, 0.15) is 38.1 Å².